The molecule has 1 aromatic carbocycles. The van der Waals surface area contributed by atoms with Crippen LogP contribution in [0.3, 0.4) is 0 Å². The number of nitrogens with one attached hydrogen (secondary N) is 1. The molecule has 0 bridgehead atoms. The van der Waals surface area contributed by atoms with Gasteiger partial charge in [-0.3, -0.25) is 0 Å². The Morgan fingerprint density at radius 2 is 2.00 bits per heavy atom. The van der Waals surface area contributed by atoms with Crippen LogP contribution in [0.25, 0.3) is 0 Å². The van der Waals surface area contributed by atoms with Gasteiger partial charge < -0.3 is 10.1 Å². The van der Waals surface area contributed by atoms with E-state index in [4.69, 9.17) is 4.74 Å². The number of aryl methyl sites for hydroxylation is 1. The van der Waals surface area contributed by atoms with Crippen molar-refractivity contribution in [1.82, 2.24) is 5.32 Å². The van der Waals surface area contributed by atoms with E-state index < -0.39 is 0 Å². The Labute approximate surface area is 112 Å². The highest BCUT2D eigenvalue weighted by atomic mass is 16.5. The van der Waals surface area contributed by atoms with Crippen molar-refractivity contribution in [2.75, 3.05) is 19.7 Å². The molecule has 0 atom stereocenters. The molecule has 18 heavy (non-hydrogen) atoms. The highest BCUT2D eigenvalue weighted by Gasteiger charge is 2.07. The number of unbranched alkanes of at least 4 members (excludes halogenated alkanes) is 1. The highest BCUT2D eigenvalue weighted by Crippen LogP contribution is 2.27. The summed E-state index contributed by atoms with van der Waals surface area (Å²) in [6, 6.07) is 6.50. The lowest BCUT2D eigenvalue weighted by Crippen LogP contribution is -2.14. The van der Waals surface area contributed by atoms with Crippen LogP contribution in [-0.4, -0.2) is 19.7 Å². The maximum atomic E-state index is 5.93. The van der Waals surface area contributed by atoms with E-state index in [9.17, 15) is 0 Å². The van der Waals surface area contributed by atoms with Crippen molar-refractivity contribution >= 4 is 0 Å². The molecule has 1 aromatic rings. The molecule has 0 radical (unpaired) electrons. The Balaban J connectivity index is 2.43. The fourth-order valence-corrected chi connectivity index (χ4v) is 1.95. The van der Waals surface area contributed by atoms with Gasteiger partial charge in [0.25, 0.3) is 0 Å². The van der Waals surface area contributed by atoms with E-state index in [1.54, 1.807) is 0 Å². The van der Waals surface area contributed by atoms with Gasteiger partial charge in [-0.25, -0.2) is 0 Å². The molecular weight excluding hydrogens is 222 g/mol. The predicted molar refractivity (Wildman–Crippen MR) is 78.5 cm³/mol. The van der Waals surface area contributed by atoms with Crippen LogP contribution < -0.4 is 10.1 Å². The second-order valence-electron chi connectivity index (χ2n) is 5.11. The van der Waals surface area contributed by atoms with Gasteiger partial charge in [0, 0.05) is 0 Å². The standard InChI is InChI=1S/C16H27NO/c1-5-17-10-6-7-11-18-16-12-14(4)8-9-15(16)13(2)3/h8-9,12-13,17H,5-7,10-11H2,1-4H3. The maximum absolute atomic E-state index is 5.93. The zero-order valence-corrected chi connectivity index (χ0v) is 12.3. The zero-order valence-electron chi connectivity index (χ0n) is 12.3. The molecule has 0 saturated carbocycles. The molecule has 0 unspecified atom stereocenters. The topological polar surface area (TPSA) is 21.3 Å². The molecule has 0 saturated heterocycles. The molecule has 0 aromatic heterocycles. The Kier molecular flexibility index (Phi) is 6.81. The normalized spacial score (nSPS) is 10.9. The summed E-state index contributed by atoms with van der Waals surface area (Å²) < 4.78 is 5.93. The first-order chi connectivity index (χ1) is 8.65. The first-order valence-electron chi connectivity index (χ1n) is 7.09. The minimum absolute atomic E-state index is 0.516. The third-order valence-corrected chi connectivity index (χ3v) is 3.05. The minimum atomic E-state index is 0.516. The van der Waals surface area contributed by atoms with Crippen molar-refractivity contribution in [1.29, 1.82) is 0 Å². The van der Waals surface area contributed by atoms with Crippen molar-refractivity contribution in [2.24, 2.45) is 0 Å². The number of rotatable bonds is 8. The van der Waals surface area contributed by atoms with Crippen molar-refractivity contribution in [2.45, 2.75) is 46.5 Å². The van der Waals surface area contributed by atoms with Crippen LogP contribution in [0.15, 0.2) is 18.2 Å². The summed E-state index contributed by atoms with van der Waals surface area (Å²) in [7, 11) is 0. The van der Waals surface area contributed by atoms with Crippen molar-refractivity contribution < 1.29 is 4.74 Å². The third-order valence-electron chi connectivity index (χ3n) is 3.05. The first-order valence-corrected chi connectivity index (χ1v) is 7.09. The summed E-state index contributed by atoms with van der Waals surface area (Å²) >= 11 is 0. The van der Waals surface area contributed by atoms with Gasteiger partial charge in [-0.15, -0.1) is 0 Å². The molecule has 0 aliphatic carbocycles. The Hall–Kier alpha value is -1.02. The molecule has 0 heterocycles. The van der Waals surface area contributed by atoms with Gasteiger partial charge >= 0.3 is 0 Å². The molecule has 0 spiro atoms. The molecular formula is C16H27NO. The molecule has 1 rings (SSSR count). The Morgan fingerprint density at radius 1 is 1.22 bits per heavy atom. The average molecular weight is 249 g/mol. The SMILES string of the molecule is CCNCCCCOc1cc(C)ccc1C(C)C. The minimum Gasteiger partial charge on any atom is -0.493 e. The molecule has 1 N–H and O–H groups in total. The molecule has 102 valence electrons. The number of benzene rings is 1. The van der Waals surface area contributed by atoms with Crippen LogP contribution in [0.4, 0.5) is 0 Å². The second-order valence-corrected chi connectivity index (χ2v) is 5.11. The van der Waals surface area contributed by atoms with Gasteiger partial charge in [0.1, 0.15) is 5.75 Å². The van der Waals surface area contributed by atoms with E-state index in [1.165, 1.54) is 17.5 Å². The quantitative estimate of drug-likeness (QED) is 0.706. The molecule has 0 aliphatic rings. The maximum Gasteiger partial charge on any atom is 0.122 e. The van der Waals surface area contributed by atoms with Crippen molar-refractivity contribution in [3.05, 3.63) is 29.3 Å². The Morgan fingerprint density at radius 3 is 2.67 bits per heavy atom. The van der Waals surface area contributed by atoms with Gasteiger partial charge in [0.2, 0.25) is 0 Å². The highest BCUT2D eigenvalue weighted by molar-refractivity contribution is 5.39. The lowest BCUT2D eigenvalue weighted by molar-refractivity contribution is 0.302. The smallest absolute Gasteiger partial charge is 0.122 e. The van der Waals surface area contributed by atoms with Gasteiger partial charge in [0.05, 0.1) is 6.61 Å². The van der Waals surface area contributed by atoms with Gasteiger partial charge in [0.15, 0.2) is 0 Å². The molecule has 2 nitrogen and oxygen atoms in total. The zero-order chi connectivity index (χ0) is 13.4. The molecule has 0 fully saturated rings. The lowest BCUT2D eigenvalue weighted by atomic mass is 10.0. The molecule has 2 heteroatoms. The number of ether oxygens (including phenoxy) is 1. The van der Waals surface area contributed by atoms with Crippen LogP contribution in [0.1, 0.15) is 50.7 Å². The third kappa shape index (κ3) is 5.09. The largest absolute Gasteiger partial charge is 0.493 e. The van der Waals surface area contributed by atoms with Crippen LogP contribution in [0.2, 0.25) is 0 Å². The van der Waals surface area contributed by atoms with E-state index in [0.717, 1.165) is 31.9 Å². The fourth-order valence-electron chi connectivity index (χ4n) is 1.95. The van der Waals surface area contributed by atoms with Crippen LogP contribution in [0, 0.1) is 6.92 Å². The second kappa shape index (κ2) is 8.15. The molecule has 0 aliphatic heterocycles. The van der Waals surface area contributed by atoms with E-state index in [-0.39, 0.29) is 0 Å². The van der Waals surface area contributed by atoms with Crippen molar-refractivity contribution in [3.8, 4) is 5.75 Å². The van der Waals surface area contributed by atoms with E-state index in [2.05, 4.69) is 51.2 Å². The summed E-state index contributed by atoms with van der Waals surface area (Å²) in [6.07, 6.45) is 2.29. The van der Waals surface area contributed by atoms with Crippen LogP contribution in [-0.2, 0) is 0 Å². The van der Waals surface area contributed by atoms with E-state index in [1.807, 2.05) is 0 Å². The van der Waals surface area contributed by atoms with Gasteiger partial charge in [-0.1, -0.05) is 32.9 Å². The fraction of sp³-hybridized carbons (Fsp3) is 0.625. The average Bonchev–Trinajstić information content (AvgIpc) is 2.33. The predicted octanol–water partition coefficient (Wildman–Crippen LogP) is 3.89. The van der Waals surface area contributed by atoms with E-state index in [0.29, 0.717) is 5.92 Å². The number of hydrogen-bond donors (Lipinski definition) is 1. The summed E-state index contributed by atoms with van der Waals surface area (Å²) in [5.41, 5.74) is 2.58. The van der Waals surface area contributed by atoms with Crippen LogP contribution >= 0.6 is 0 Å². The monoisotopic (exact) mass is 249 g/mol. The van der Waals surface area contributed by atoms with Crippen molar-refractivity contribution in [3.63, 3.8) is 0 Å². The summed E-state index contributed by atoms with van der Waals surface area (Å²) in [6.45, 7) is 11.6. The lowest BCUT2D eigenvalue weighted by Gasteiger charge is -2.14. The summed E-state index contributed by atoms with van der Waals surface area (Å²) in [5, 5.41) is 3.33. The van der Waals surface area contributed by atoms with Gasteiger partial charge in [-0.2, -0.15) is 0 Å². The Bertz CT molecular complexity index is 347. The first kappa shape index (κ1) is 15.0. The van der Waals surface area contributed by atoms with E-state index >= 15 is 0 Å². The van der Waals surface area contributed by atoms with Gasteiger partial charge in [-0.05, 0) is 56.0 Å². The summed E-state index contributed by atoms with van der Waals surface area (Å²) in [5.74, 6) is 1.58. The van der Waals surface area contributed by atoms with Crippen LogP contribution in [0.5, 0.6) is 5.75 Å². The molecule has 0 amide bonds. The summed E-state index contributed by atoms with van der Waals surface area (Å²) in [4.78, 5) is 0. The number of hydrogen-bond acceptors (Lipinski definition) is 2.